The number of sulfonamides is 1. The molecule has 0 amide bonds. The lowest BCUT2D eigenvalue weighted by Gasteiger charge is -2.24. The highest BCUT2D eigenvalue weighted by Gasteiger charge is 2.46. The zero-order valence-electron chi connectivity index (χ0n) is 12.0. The van der Waals surface area contributed by atoms with Crippen molar-refractivity contribution in [2.24, 2.45) is 11.8 Å². The van der Waals surface area contributed by atoms with Gasteiger partial charge in [0, 0.05) is 12.6 Å². The standard InChI is InChI=1S/C14H19ClN2O3S/c1-9-12-7-16-6-10(12)8-17(9)21(18,19)11-3-4-14(20-2)13(15)5-11/h3-5,9-10,12,16H,6-8H2,1-2H3. The van der Waals surface area contributed by atoms with Gasteiger partial charge in [0.2, 0.25) is 10.0 Å². The molecule has 2 aliphatic rings. The van der Waals surface area contributed by atoms with Crippen LogP contribution < -0.4 is 10.1 Å². The van der Waals surface area contributed by atoms with Gasteiger partial charge >= 0.3 is 0 Å². The first kappa shape index (κ1) is 15.1. The van der Waals surface area contributed by atoms with Crippen molar-refractivity contribution >= 4 is 21.6 Å². The highest BCUT2D eigenvalue weighted by molar-refractivity contribution is 7.89. The quantitative estimate of drug-likeness (QED) is 0.914. The summed E-state index contributed by atoms with van der Waals surface area (Å²) in [4.78, 5) is 0.230. The predicted octanol–water partition coefficient (Wildman–Crippen LogP) is 1.58. The number of ether oxygens (including phenoxy) is 1. The van der Waals surface area contributed by atoms with Crippen LogP contribution in [0.1, 0.15) is 6.92 Å². The Kier molecular flexibility index (Phi) is 3.90. The van der Waals surface area contributed by atoms with Gasteiger partial charge < -0.3 is 10.1 Å². The number of fused-ring (bicyclic) bond motifs is 1. The van der Waals surface area contributed by atoms with Gasteiger partial charge in [-0.3, -0.25) is 0 Å². The molecule has 3 atom stereocenters. The summed E-state index contributed by atoms with van der Waals surface area (Å²) in [5.41, 5.74) is 0. The fourth-order valence-electron chi connectivity index (χ4n) is 3.39. The second kappa shape index (κ2) is 5.43. The average molecular weight is 331 g/mol. The van der Waals surface area contributed by atoms with E-state index in [2.05, 4.69) is 5.32 Å². The Morgan fingerprint density at radius 3 is 2.76 bits per heavy atom. The SMILES string of the molecule is COc1ccc(S(=O)(=O)N2CC3CNCC3C2C)cc1Cl. The molecule has 2 heterocycles. The molecule has 0 radical (unpaired) electrons. The number of benzene rings is 1. The van der Waals surface area contributed by atoms with E-state index >= 15 is 0 Å². The molecular weight excluding hydrogens is 312 g/mol. The number of halogens is 1. The predicted molar refractivity (Wildman–Crippen MR) is 81.2 cm³/mol. The zero-order valence-corrected chi connectivity index (χ0v) is 13.6. The van der Waals surface area contributed by atoms with E-state index in [1.165, 1.54) is 13.2 Å². The van der Waals surface area contributed by atoms with Crippen LogP contribution in [-0.4, -0.2) is 45.5 Å². The Morgan fingerprint density at radius 1 is 1.38 bits per heavy atom. The Labute approximate surface area is 130 Å². The van der Waals surface area contributed by atoms with Crippen molar-refractivity contribution in [2.45, 2.75) is 17.9 Å². The molecule has 3 unspecified atom stereocenters. The second-order valence-corrected chi connectivity index (χ2v) is 7.99. The minimum absolute atomic E-state index is 0.0101. The summed E-state index contributed by atoms with van der Waals surface area (Å²) in [5.74, 6) is 1.28. The molecule has 116 valence electrons. The topological polar surface area (TPSA) is 58.6 Å². The molecule has 3 rings (SSSR count). The molecule has 0 bridgehead atoms. The molecule has 0 saturated carbocycles. The van der Waals surface area contributed by atoms with Gasteiger partial charge in [0.25, 0.3) is 0 Å². The van der Waals surface area contributed by atoms with Crippen LogP contribution in [0.5, 0.6) is 5.75 Å². The number of rotatable bonds is 3. The summed E-state index contributed by atoms with van der Waals surface area (Å²) in [6.45, 7) is 4.34. The van der Waals surface area contributed by atoms with Gasteiger partial charge in [-0.05, 0) is 50.0 Å². The number of nitrogens with zero attached hydrogens (tertiary/aromatic N) is 1. The lowest BCUT2D eigenvalue weighted by molar-refractivity contribution is 0.360. The van der Waals surface area contributed by atoms with E-state index in [1.54, 1.807) is 16.4 Å². The first-order valence-electron chi connectivity index (χ1n) is 7.01. The fraction of sp³-hybridized carbons (Fsp3) is 0.571. The molecule has 0 aromatic heterocycles. The van der Waals surface area contributed by atoms with Gasteiger partial charge in [0.1, 0.15) is 5.75 Å². The van der Waals surface area contributed by atoms with E-state index in [9.17, 15) is 8.42 Å². The van der Waals surface area contributed by atoms with E-state index in [1.807, 2.05) is 6.92 Å². The monoisotopic (exact) mass is 330 g/mol. The van der Waals surface area contributed by atoms with Crippen LogP contribution in [0, 0.1) is 11.8 Å². The summed E-state index contributed by atoms with van der Waals surface area (Å²) in [5, 5.41) is 3.64. The lowest BCUT2D eigenvalue weighted by atomic mass is 9.95. The highest BCUT2D eigenvalue weighted by atomic mass is 35.5. The fourth-order valence-corrected chi connectivity index (χ4v) is 5.47. The molecule has 2 saturated heterocycles. The van der Waals surface area contributed by atoms with Crippen molar-refractivity contribution in [3.63, 3.8) is 0 Å². The van der Waals surface area contributed by atoms with Crippen LogP contribution >= 0.6 is 11.6 Å². The minimum atomic E-state index is -3.51. The van der Waals surface area contributed by atoms with Crippen molar-refractivity contribution in [1.82, 2.24) is 9.62 Å². The molecule has 1 aromatic carbocycles. The van der Waals surface area contributed by atoms with Crippen molar-refractivity contribution < 1.29 is 13.2 Å². The van der Waals surface area contributed by atoms with E-state index < -0.39 is 10.0 Å². The van der Waals surface area contributed by atoms with Gasteiger partial charge in [-0.25, -0.2) is 8.42 Å². The van der Waals surface area contributed by atoms with Gasteiger partial charge in [0.15, 0.2) is 0 Å². The molecule has 2 aliphatic heterocycles. The summed E-state index contributed by atoms with van der Waals surface area (Å²) < 4.78 is 32.4. The first-order valence-corrected chi connectivity index (χ1v) is 8.83. The van der Waals surface area contributed by atoms with Crippen LogP contribution in [0.15, 0.2) is 23.1 Å². The molecule has 0 spiro atoms. The molecule has 5 nitrogen and oxygen atoms in total. The molecule has 21 heavy (non-hydrogen) atoms. The van der Waals surface area contributed by atoms with Gasteiger partial charge in [-0.15, -0.1) is 0 Å². The van der Waals surface area contributed by atoms with Crippen LogP contribution in [0.2, 0.25) is 5.02 Å². The molecule has 1 N–H and O–H groups in total. The van der Waals surface area contributed by atoms with Crippen LogP contribution in [-0.2, 0) is 10.0 Å². The van der Waals surface area contributed by atoms with E-state index in [4.69, 9.17) is 16.3 Å². The largest absolute Gasteiger partial charge is 0.495 e. The summed E-state index contributed by atoms with van der Waals surface area (Å²) >= 11 is 6.06. The second-order valence-electron chi connectivity index (χ2n) is 5.69. The maximum atomic E-state index is 12.8. The maximum Gasteiger partial charge on any atom is 0.243 e. The number of nitrogens with one attached hydrogen (secondary N) is 1. The molecule has 7 heteroatoms. The first-order chi connectivity index (χ1) is 9.95. The third-order valence-electron chi connectivity index (χ3n) is 4.61. The number of methoxy groups -OCH3 is 1. The van der Waals surface area contributed by atoms with Crippen LogP contribution in [0.4, 0.5) is 0 Å². The average Bonchev–Trinajstić information content (AvgIpc) is 3.02. The van der Waals surface area contributed by atoms with Crippen molar-refractivity contribution in [3.8, 4) is 5.75 Å². The Morgan fingerprint density at radius 2 is 2.14 bits per heavy atom. The highest BCUT2D eigenvalue weighted by Crippen LogP contribution is 2.37. The van der Waals surface area contributed by atoms with E-state index in [-0.39, 0.29) is 10.9 Å². The Hall–Kier alpha value is -0.820. The van der Waals surface area contributed by atoms with Crippen molar-refractivity contribution in [1.29, 1.82) is 0 Å². The molecule has 0 aliphatic carbocycles. The number of hydrogen-bond acceptors (Lipinski definition) is 4. The van der Waals surface area contributed by atoms with Gasteiger partial charge in [0.05, 0.1) is 17.0 Å². The van der Waals surface area contributed by atoms with Crippen LogP contribution in [0.25, 0.3) is 0 Å². The summed E-state index contributed by atoms with van der Waals surface area (Å²) in [6, 6.07) is 4.63. The zero-order chi connectivity index (χ0) is 15.2. The van der Waals surface area contributed by atoms with E-state index in [0.717, 1.165) is 13.1 Å². The smallest absolute Gasteiger partial charge is 0.243 e. The van der Waals surface area contributed by atoms with Gasteiger partial charge in [-0.2, -0.15) is 4.31 Å². The maximum absolute atomic E-state index is 12.8. The Bertz CT molecular complexity index is 650. The number of hydrogen-bond donors (Lipinski definition) is 1. The minimum Gasteiger partial charge on any atom is -0.495 e. The van der Waals surface area contributed by atoms with Crippen molar-refractivity contribution in [2.75, 3.05) is 26.7 Å². The third kappa shape index (κ3) is 2.44. The van der Waals surface area contributed by atoms with Crippen LogP contribution in [0.3, 0.4) is 0 Å². The molecule has 1 aromatic rings. The summed E-state index contributed by atoms with van der Waals surface area (Å²) in [7, 11) is -2.01. The molecule has 2 fully saturated rings. The molecular formula is C14H19ClN2O3S. The normalized spacial score (nSPS) is 29.6. The van der Waals surface area contributed by atoms with E-state index in [0.29, 0.717) is 29.2 Å². The summed E-state index contributed by atoms with van der Waals surface area (Å²) in [6.07, 6.45) is 0. The Balaban J connectivity index is 1.92. The van der Waals surface area contributed by atoms with Gasteiger partial charge in [-0.1, -0.05) is 11.6 Å². The third-order valence-corrected chi connectivity index (χ3v) is 6.85. The van der Waals surface area contributed by atoms with Crippen molar-refractivity contribution in [3.05, 3.63) is 23.2 Å². The lowest BCUT2D eigenvalue weighted by Crippen LogP contribution is -2.38.